The van der Waals surface area contributed by atoms with E-state index in [9.17, 15) is 19.5 Å². The third-order valence-electron chi connectivity index (χ3n) is 7.60. The van der Waals surface area contributed by atoms with Crippen LogP contribution in [0.1, 0.15) is 45.6 Å². The Bertz CT molecular complexity index is 1760. The normalized spacial score (nSPS) is 14.7. The van der Waals surface area contributed by atoms with Gasteiger partial charge in [0.1, 0.15) is 23.7 Å². The minimum atomic E-state index is -1.12. The number of carboxylic acid groups (broad SMARTS) is 1. The number of nitrogens with zero attached hydrogens (tertiary/aromatic N) is 3. The Morgan fingerprint density at radius 3 is 2.38 bits per heavy atom. The first-order valence-electron chi connectivity index (χ1n) is 13.8. The molecule has 2 heterocycles. The Morgan fingerprint density at radius 1 is 0.857 bits per heavy atom. The predicted molar refractivity (Wildman–Crippen MR) is 158 cm³/mol. The summed E-state index contributed by atoms with van der Waals surface area (Å²) in [7, 11) is 0. The molecule has 42 heavy (non-hydrogen) atoms. The summed E-state index contributed by atoms with van der Waals surface area (Å²) < 4.78 is 1.84. The number of benzene rings is 4. The summed E-state index contributed by atoms with van der Waals surface area (Å²) in [6.07, 6.45) is 1.76. The topological polar surface area (TPSA) is 126 Å². The second kappa shape index (κ2) is 11.7. The van der Waals surface area contributed by atoms with Gasteiger partial charge in [-0.05, 0) is 46.5 Å². The summed E-state index contributed by atoms with van der Waals surface area (Å²) in [6.45, 7) is 0. The predicted octanol–water partition coefficient (Wildman–Crippen LogP) is 4.57. The molecule has 0 radical (unpaired) electrons. The van der Waals surface area contributed by atoms with Gasteiger partial charge in [-0.25, -0.2) is 4.79 Å². The molecule has 9 heteroatoms. The van der Waals surface area contributed by atoms with Gasteiger partial charge in [0.2, 0.25) is 5.91 Å². The van der Waals surface area contributed by atoms with Crippen molar-refractivity contribution < 1.29 is 19.5 Å². The third kappa shape index (κ3) is 5.62. The zero-order chi connectivity index (χ0) is 29.1. The van der Waals surface area contributed by atoms with Gasteiger partial charge in [0, 0.05) is 30.5 Å². The number of carboxylic acids is 1. The molecule has 0 unspecified atom stereocenters. The number of aliphatic carboxylic acids is 1. The van der Waals surface area contributed by atoms with Crippen molar-refractivity contribution in [2.75, 3.05) is 5.32 Å². The molecule has 6 rings (SSSR count). The molecule has 0 aliphatic carbocycles. The van der Waals surface area contributed by atoms with Crippen LogP contribution in [0.3, 0.4) is 0 Å². The lowest BCUT2D eigenvalue weighted by Crippen LogP contribution is -2.45. The Morgan fingerprint density at radius 2 is 1.60 bits per heavy atom. The number of aryl methyl sites for hydroxylation is 1. The first kappa shape index (κ1) is 26.9. The van der Waals surface area contributed by atoms with Gasteiger partial charge in [0.25, 0.3) is 5.91 Å². The number of amides is 2. The number of anilines is 1. The molecule has 9 nitrogen and oxygen atoms in total. The minimum absolute atomic E-state index is 0.0945. The summed E-state index contributed by atoms with van der Waals surface area (Å²) in [5, 5.41) is 26.0. The quantitative estimate of drug-likeness (QED) is 0.243. The number of rotatable bonds is 9. The molecule has 210 valence electrons. The van der Waals surface area contributed by atoms with Crippen LogP contribution in [-0.4, -0.2) is 43.7 Å². The van der Waals surface area contributed by atoms with E-state index >= 15 is 0 Å². The van der Waals surface area contributed by atoms with E-state index in [1.807, 2.05) is 71.3 Å². The number of hydrogen-bond donors (Lipinski definition) is 3. The van der Waals surface area contributed by atoms with E-state index in [0.29, 0.717) is 41.9 Å². The Labute approximate surface area is 242 Å². The van der Waals surface area contributed by atoms with Crippen molar-refractivity contribution in [1.82, 2.24) is 20.1 Å². The van der Waals surface area contributed by atoms with Gasteiger partial charge < -0.3 is 20.3 Å². The van der Waals surface area contributed by atoms with E-state index in [2.05, 4.69) is 20.8 Å². The van der Waals surface area contributed by atoms with E-state index < -0.39 is 18.1 Å². The van der Waals surface area contributed by atoms with Crippen molar-refractivity contribution in [1.29, 1.82) is 0 Å². The van der Waals surface area contributed by atoms with E-state index in [-0.39, 0.29) is 18.2 Å². The lowest BCUT2D eigenvalue weighted by molar-refractivity contribution is -0.142. The number of carbonyl (C=O) groups is 3. The second-order valence-corrected chi connectivity index (χ2v) is 10.4. The summed E-state index contributed by atoms with van der Waals surface area (Å²) in [5.74, 6) is -0.305. The molecule has 0 fully saturated rings. The summed E-state index contributed by atoms with van der Waals surface area (Å²) >= 11 is 0. The molecular weight excluding hydrogens is 530 g/mol. The second-order valence-electron chi connectivity index (χ2n) is 10.4. The molecule has 2 atom stereocenters. The van der Waals surface area contributed by atoms with Crippen LogP contribution in [0.2, 0.25) is 0 Å². The van der Waals surface area contributed by atoms with Crippen LogP contribution < -0.4 is 10.6 Å². The highest BCUT2D eigenvalue weighted by Gasteiger charge is 2.34. The molecule has 0 spiro atoms. The lowest BCUT2D eigenvalue weighted by atomic mass is 10.0. The fraction of sp³-hybridized carbons (Fsp3) is 0.182. The molecule has 5 aromatic rings. The van der Waals surface area contributed by atoms with Crippen molar-refractivity contribution in [2.24, 2.45) is 0 Å². The summed E-state index contributed by atoms with van der Waals surface area (Å²) in [6, 6.07) is 28.4. The van der Waals surface area contributed by atoms with Crippen LogP contribution >= 0.6 is 0 Å². The van der Waals surface area contributed by atoms with Gasteiger partial charge in [0.15, 0.2) is 0 Å². The Balaban J connectivity index is 1.11. The third-order valence-corrected chi connectivity index (χ3v) is 7.60. The number of carbonyl (C=O) groups excluding carboxylic acids is 2. The fourth-order valence-corrected chi connectivity index (χ4v) is 5.48. The molecule has 3 N–H and O–H groups in total. The van der Waals surface area contributed by atoms with Crippen molar-refractivity contribution in [3.8, 4) is 0 Å². The van der Waals surface area contributed by atoms with Gasteiger partial charge in [-0.1, -0.05) is 78.9 Å². The molecule has 4 aromatic carbocycles. The van der Waals surface area contributed by atoms with Gasteiger partial charge >= 0.3 is 5.97 Å². The fourth-order valence-electron chi connectivity index (χ4n) is 5.48. The standard InChI is InChI=1S/C33H29N5O4/c39-31(26-12-6-10-23-9-4-5-11-25(23)26)34-24-15-13-22(14-16-24)19-27(33(41)42)35-32(40)28-17-18-29-36-37-30(38(28)29)20-21-7-2-1-3-8-21/h1-16,27-28H,17-20H2,(H,34,39)(H,35,40)(H,41,42)/t27-,28-/m0/s1. The molecule has 0 saturated carbocycles. The maximum Gasteiger partial charge on any atom is 0.326 e. The highest BCUT2D eigenvalue weighted by molar-refractivity contribution is 6.12. The Hall–Kier alpha value is -5.31. The largest absolute Gasteiger partial charge is 0.480 e. The zero-order valence-corrected chi connectivity index (χ0v) is 22.7. The van der Waals surface area contributed by atoms with E-state index in [4.69, 9.17) is 0 Å². The van der Waals surface area contributed by atoms with E-state index in [0.717, 1.165) is 22.2 Å². The summed E-state index contributed by atoms with van der Waals surface area (Å²) in [5.41, 5.74) is 2.93. The van der Waals surface area contributed by atoms with Crippen LogP contribution in [0.15, 0.2) is 97.1 Å². The highest BCUT2D eigenvalue weighted by atomic mass is 16.4. The van der Waals surface area contributed by atoms with Gasteiger partial charge in [-0.3, -0.25) is 9.59 Å². The molecule has 1 aliphatic heterocycles. The lowest BCUT2D eigenvalue weighted by Gasteiger charge is -2.20. The number of hydrogen-bond acceptors (Lipinski definition) is 5. The summed E-state index contributed by atoms with van der Waals surface area (Å²) in [4.78, 5) is 38.4. The molecule has 2 amide bonds. The maximum absolute atomic E-state index is 13.3. The molecule has 1 aliphatic rings. The molecular formula is C33H29N5O4. The van der Waals surface area contributed by atoms with Crippen molar-refractivity contribution >= 4 is 34.2 Å². The van der Waals surface area contributed by atoms with Gasteiger partial charge in [-0.2, -0.15) is 0 Å². The van der Waals surface area contributed by atoms with E-state index in [1.165, 1.54) is 0 Å². The number of aromatic nitrogens is 3. The van der Waals surface area contributed by atoms with Gasteiger partial charge in [0.05, 0.1) is 0 Å². The average molecular weight is 560 g/mol. The molecule has 0 saturated heterocycles. The van der Waals surface area contributed by atoms with Crippen molar-refractivity contribution in [3.05, 3.63) is 125 Å². The van der Waals surface area contributed by atoms with Gasteiger partial charge in [-0.15, -0.1) is 10.2 Å². The number of nitrogens with one attached hydrogen (secondary N) is 2. The minimum Gasteiger partial charge on any atom is -0.480 e. The zero-order valence-electron chi connectivity index (χ0n) is 22.7. The molecule has 0 bridgehead atoms. The van der Waals surface area contributed by atoms with Crippen LogP contribution in [0.25, 0.3) is 10.8 Å². The average Bonchev–Trinajstić information content (AvgIpc) is 3.61. The number of fused-ring (bicyclic) bond motifs is 2. The Kier molecular flexibility index (Phi) is 7.47. The van der Waals surface area contributed by atoms with Crippen LogP contribution in [0.5, 0.6) is 0 Å². The maximum atomic E-state index is 13.3. The van der Waals surface area contributed by atoms with Crippen LogP contribution in [0, 0.1) is 0 Å². The highest BCUT2D eigenvalue weighted by Crippen LogP contribution is 2.28. The van der Waals surface area contributed by atoms with Crippen LogP contribution in [-0.2, 0) is 28.9 Å². The first-order chi connectivity index (χ1) is 20.5. The molecule has 1 aromatic heterocycles. The monoisotopic (exact) mass is 559 g/mol. The smallest absolute Gasteiger partial charge is 0.326 e. The van der Waals surface area contributed by atoms with Crippen LogP contribution in [0.4, 0.5) is 5.69 Å². The van der Waals surface area contributed by atoms with Crippen molar-refractivity contribution in [2.45, 2.75) is 37.8 Å². The van der Waals surface area contributed by atoms with Crippen molar-refractivity contribution in [3.63, 3.8) is 0 Å². The van der Waals surface area contributed by atoms with E-state index in [1.54, 1.807) is 30.3 Å². The SMILES string of the molecule is O=C(Nc1ccc(C[C@H](NC(=O)[C@@H]2CCc3nnc(Cc4ccccc4)n32)C(=O)O)cc1)c1cccc2ccccc12. The first-order valence-corrected chi connectivity index (χ1v) is 13.8.